The number of piperidine rings is 1. The number of hydrogen-bond donors (Lipinski definition) is 1. The third kappa shape index (κ3) is 4.34. The highest BCUT2D eigenvalue weighted by molar-refractivity contribution is 7.71. The number of para-hydroxylation sites is 1. The Morgan fingerprint density at radius 1 is 1.24 bits per heavy atom. The average molecular weight is 430 g/mol. The lowest BCUT2D eigenvalue weighted by Gasteiger charge is -2.27. The number of hydrogen-bond acceptors (Lipinski definition) is 5. The first-order valence-electron chi connectivity index (χ1n) is 9.96. The Morgan fingerprint density at radius 2 is 2.00 bits per heavy atom. The fourth-order valence-electron chi connectivity index (χ4n) is 3.78. The van der Waals surface area contributed by atoms with Crippen LogP contribution < -0.4 is 4.90 Å². The molecule has 1 aromatic carbocycles. The van der Waals surface area contributed by atoms with Crippen molar-refractivity contribution in [2.24, 2.45) is 5.92 Å². The number of carbonyl (C=O) groups is 1. The van der Waals surface area contributed by atoms with Crippen LogP contribution in [0.15, 0.2) is 47.8 Å². The van der Waals surface area contributed by atoms with Crippen LogP contribution in [0.3, 0.4) is 0 Å². The van der Waals surface area contributed by atoms with E-state index in [0.717, 1.165) is 42.3 Å². The lowest BCUT2D eigenvalue weighted by Crippen LogP contribution is -3.12. The summed E-state index contributed by atoms with van der Waals surface area (Å²) in [5.41, 5.74) is 1.02. The van der Waals surface area contributed by atoms with Gasteiger partial charge in [0.15, 0.2) is 12.5 Å². The van der Waals surface area contributed by atoms with Crippen molar-refractivity contribution in [2.45, 2.75) is 26.4 Å². The van der Waals surface area contributed by atoms with Gasteiger partial charge in [-0.3, -0.25) is 9.36 Å². The van der Waals surface area contributed by atoms with Crippen molar-refractivity contribution in [1.82, 2.24) is 14.3 Å². The third-order valence-corrected chi connectivity index (χ3v) is 6.54. The molecule has 1 saturated heterocycles. The zero-order chi connectivity index (χ0) is 20.2. The minimum atomic E-state index is -0.0588. The number of carbonyl (C=O) groups excluding carboxylic acids is 1. The van der Waals surface area contributed by atoms with Crippen molar-refractivity contribution in [3.05, 3.63) is 52.6 Å². The quantitative estimate of drug-likeness (QED) is 0.484. The predicted molar refractivity (Wildman–Crippen MR) is 116 cm³/mol. The number of nitrogens with zero attached hydrogens (tertiary/aromatic N) is 3. The number of aromatic nitrogens is 3. The molecule has 3 heterocycles. The molecule has 2 aromatic heterocycles. The maximum atomic E-state index is 12.0. The first kappa shape index (κ1) is 20.0. The summed E-state index contributed by atoms with van der Waals surface area (Å²) in [5, 5.41) is 6.93. The van der Waals surface area contributed by atoms with Gasteiger partial charge in [-0.25, -0.2) is 0 Å². The van der Waals surface area contributed by atoms with E-state index in [1.807, 2.05) is 40.4 Å². The Kier molecular flexibility index (Phi) is 6.22. The van der Waals surface area contributed by atoms with Crippen LogP contribution in [-0.4, -0.2) is 40.0 Å². The highest BCUT2D eigenvalue weighted by Crippen LogP contribution is 2.26. The summed E-state index contributed by atoms with van der Waals surface area (Å²) in [5.74, 6) is 0.837. The zero-order valence-electron chi connectivity index (χ0n) is 16.4. The molecule has 0 bridgehead atoms. The van der Waals surface area contributed by atoms with Crippen molar-refractivity contribution in [1.29, 1.82) is 0 Å². The van der Waals surface area contributed by atoms with Crippen molar-refractivity contribution >= 4 is 29.5 Å². The van der Waals surface area contributed by atoms with E-state index in [0.29, 0.717) is 18.0 Å². The monoisotopic (exact) mass is 429 g/mol. The second kappa shape index (κ2) is 9.02. The fourth-order valence-corrected chi connectivity index (χ4v) is 4.77. The molecule has 1 aliphatic heterocycles. The number of nitrogens with one attached hydrogen (secondary N) is 1. The van der Waals surface area contributed by atoms with E-state index in [9.17, 15) is 4.79 Å². The number of rotatable bonds is 6. The normalized spacial score (nSPS) is 19.2. The van der Waals surface area contributed by atoms with Crippen LogP contribution >= 0.6 is 23.6 Å². The number of esters is 1. The van der Waals surface area contributed by atoms with Gasteiger partial charge >= 0.3 is 5.97 Å². The highest BCUT2D eigenvalue weighted by Gasteiger charge is 2.29. The molecule has 1 N–H and O–H groups in total. The van der Waals surface area contributed by atoms with Gasteiger partial charge in [-0.15, -0.1) is 16.4 Å². The molecule has 4 rings (SSSR count). The second-order valence-corrected chi connectivity index (χ2v) is 8.50. The smallest absolute Gasteiger partial charge is 0.309 e. The Bertz CT molecular complexity index is 1000. The molecule has 0 unspecified atom stereocenters. The zero-order valence-corrected chi connectivity index (χ0v) is 18.0. The van der Waals surface area contributed by atoms with Crippen LogP contribution in [0.4, 0.5) is 0 Å². The lowest BCUT2D eigenvalue weighted by molar-refractivity contribution is -0.929. The summed E-state index contributed by atoms with van der Waals surface area (Å²) in [6, 6.07) is 14.2. The van der Waals surface area contributed by atoms with E-state index < -0.39 is 0 Å². The largest absolute Gasteiger partial charge is 0.466 e. The topological polar surface area (TPSA) is 53.5 Å². The van der Waals surface area contributed by atoms with Crippen molar-refractivity contribution < 1.29 is 14.4 Å². The summed E-state index contributed by atoms with van der Waals surface area (Å²) in [6.45, 7) is 4.83. The molecular weight excluding hydrogens is 404 g/mol. The molecule has 152 valence electrons. The lowest BCUT2D eigenvalue weighted by atomic mass is 9.97. The summed E-state index contributed by atoms with van der Waals surface area (Å²) in [6.07, 6.45) is 1.69. The molecule has 1 fully saturated rings. The van der Waals surface area contributed by atoms with Crippen LogP contribution in [-0.2, 0) is 16.2 Å². The van der Waals surface area contributed by atoms with Gasteiger partial charge in [0.05, 0.1) is 36.2 Å². The predicted octanol–water partition coefficient (Wildman–Crippen LogP) is 2.95. The number of ether oxygens (including phenoxy) is 1. The van der Waals surface area contributed by atoms with Gasteiger partial charge in [-0.2, -0.15) is 4.68 Å². The van der Waals surface area contributed by atoms with Gasteiger partial charge < -0.3 is 9.64 Å². The van der Waals surface area contributed by atoms with Crippen molar-refractivity contribution in [3.63, 3.8) is 0 Å². The van der Waals surface area contributed by atoms with Crippen molar-refractivity contribution in [2.75, 3.05) is 19.7 Å². The molecule has 0 saturated carbocycles. The van der Waals surface area contributed by atoms with Gasteiger partial charge in [0.2, 0.25) is 4.77 Å². The van der Waals surface area contributed by atoms with Crippen LogP contribution in [0.2, 0.25) is 0 Å². The van der Waals surface area contributed by atoms with E-state index in [1.165, 1.54) is 4.90 Å². The standard InChI is InChI=1S/C21H24N4O2S2/c1-2-27-20(26)16-10-12-23(13-11-16)15-24-21(28)25(17-7-4-3-5-8-17)19(22-24)18-9-6-14-29-18/h3-9,14,16H,2,10-13,15H2,1H3/p+1. The Morgan fingerprint density at radius 3 is 2.66 bits per heavy atom. The average Bonchev–Trinajstić information content (AvgIpc) is 3.38. The van der Waals surface area contributed by atoms with Crippen LogP contribution in [0, 0.1) is 10.7 Å². The van der Waals surface area contributed by atoms with E-state index in [1.54, 1.807) is 11.3 Å². The summed E-state index contributed by atoms with van der Waals surface area (Å²) in [7, 11) is 0. The molecule has 0 spiro atoms. The van der Waals surface area contributed by atoms with Crippen molar-refractivity contribution in [3.8, 4) is 16.4 Å². The minimum Gasteiger partial charge on any atom is -0.466 e. The first-order valence-corrected chi connectivity index (χ1v) is 11.3. The molecule has 3 aromatic rings. The Hall–Kier alpha value is -2.29. The van der Waals surface area contributed by atoms with Gasteiger partial charge in [-0.05, 0) is 42.7 Å². The van der Waals surface area contributed by atoms with Crippen LogP contribution in [0.5, 0.6) is 0 Å². The third-order valence-electron chi connectivity index (χ3n) is 5.28. The number of likely N-dealkylation sites (tertiary alicyclic amines) is 1. The maximum absolute atomic E-state index is 12.0. The highest BCUT2D eigenvalue weighted by atomic mass is 32.1. The molecule has 6 nitrogen and oxygen atoms in total. The maximum Gasteiger partial charge on any atom is 0.309 e. The molecule has 29 heavy (non-hydrogen) atoms. The second-order valence-electron chi connectivity index (χ2n) is 7.19. The van der Waals surface area contributed by atoms with E-state index in [-0.39, 0.29) is 11.9 Å². The molecule has 1 aliphatic rings. The molecule has 8 heteroatoms. The molecule has 0 atom stereocenters. The summed E-state index contributed by atoms with van der Waals surface area (Å²) >= 11 is 7.48. The molecular formula is C21H25N4O2S2+. The summed E-state index contributed by atoms with van der Waals surface area (Å²) in [4.78, 5) is 14.5. The summed E-state index contributed by atoms with van der Waals surface area (Å²) < 4.78 is 9.85. The van der Waals surface area contributed by atoms with E-state index in [2.05, 4.69) is 23.6 Å². The van der Waals surface area contributed by atoms with Gasteiger partial charge in [0, 0.05) is 12.8 Å². The first-order chi connectivity index (χ1) is 14.2. The van der Waals surface area contributed by atoms with E-state index >= 15 is 0 Å². The Balaban J connectivity index is 1.56. The number of thiophene rings is 1. The number of benzene rings is 1. The Labute approximate surface area is 179 Å². The molecule has 0 radical (unpaired) electrons. The molecule has 0 aliphatic carbocycles. The van der Waals surface area contributed by atoms with E-state index in [4.69, 9.17) is 22.1 Å². The fraction of sp³-hybridized carbons (Fsp3) is 0.381. The number of quaternary nitrogens is 1. The molecule has 0 amide bonds. The SMILES string of the molecule is CCOC(=O)C1CC[NH+](Cn2nc(-c3cccs3)n(-c3ccccc3)c2=S)CC1. The van der Waals surface area contributed by atoms with Gasteiger partial charge in [0.1, 0.15) is 0 Å². The van der Waals surface area contributed by atoms with Crippen LogP contribution in [0.25, 0.3) is 16.4 Å². The van der Waals surface area contributed by atoms with Crippen LogP contribution in [0.1, 0.15) is 19.8 Å². The van der Waals surface area contributed by atoms with Gasteiger partial charge in [-0.1, -0.05) is 24.3 Å². The minimum absolute atomic E-state index is 0.0234. The van der Waals surface area contributed by atoms with Gasteiger partial charge in [0.25, 0.3) is 0 Å².